The van der Waals surface area contributed by atoms with Crippen molar-refractivity contribution in [2.45, 2.75) is 24.7 Å². The summed E-state index contributed by atoms with van der Waals surface area (Å²) in [6.07, 6.45) is 1.60. The zero-order valence-corrected chi connectivity index (χ0v) is 12.3. The fourth-order valence-corrected chi connectivity index (χ4v) is 3.55. The van der Waals surface area contributed by atoms with Gasteiger partial charge in [0.15, 0.2) is 0 Å². The lowest BCUT2D eigenvalue weighted by Gasteiger charge is -2.26. The average Bonchev–Trinajstić information content (AvgIpc) is 2.47. The van der Waals surface area contributed by atoms with Crippen molar-refractivity contribution in [3.8, 4) is 0 Å². The molecule has 6 nitrogen and oxygen atoms in total. The third-order valence-corrected chi connectivity index (χ3v) is 4.95. The number of benzene rings is 1. The predicted octanol–water partition coefficient (Wildman–Crippen LogP) is 1.50. The number of ether oxygens (including phenoxy) is 1. The van der Waals surface area contributed by atoms with Crippen molar-refractivity contribution in [1.82, 2.24) is 4.47 Å². The number of esters is 1. The van der Waals surface area contributed by atoms with Gasteiger partial charge in [0.2, 0.25) is 0 Å². The van der Waals surface area contributed by atoms with Crippen LogP contribution in [-0.4, -0.2) is 39.1 Å². The smallest absolute Gasteiger partial charge is 0.337 e. The molecule has 7 heteroatoms. The van der Waals surface area contributed by atoms with Gasteiger partial charge in [0.25, 0.3) is 10.0 Å². The number of carbonyl (C=O) groups excluding carboxylic acids is 1. The maximum Gasteiger partial charge on any atom is 0.337 e. The number of carbonyl (C=O) groups is 1. The van der Waals surface area contributed by atoms with Gasteiger partial charge in [-0.15, -0.1) is 0 Å². The van der Waals surface area contributed by atoms with Gasteiger partial charge in [0, 0.05) is 6.54 Å². The molecule has 0 saturated carbocycles. The topological polar surface area (TPSA) is 72.9 Å². The van der Waals surface area contributed by atoms with Gasteiger partial charge in [-0.25, -0.2) is 13.2 Å². The molecule has 0 bridgehead atoms. The number of methoxy groups -OCH3 is 1. The molecule has 0 N–H and O–H groups in total. The summed E-state index contributed by atoms with van der Waals surface area (Å²) in [6, 6.07) is 4.45. The van der Waals surface area contributed by atoms with Gasteiger partial charge in [-0.3, -0.25) is 4.84 Å². The molecule has 20 heavy (non-hydrogen) atoms. The van der Waals surface area contributed by atoms with E-state index in [1.807, 2.05) is 0 Å². The molecule has 0 atom stereocenters. The van der Waals surface area contributed by atoms with E-state index in [9.17, 15) is 13.2 Å². The molecule has 0 aromatic heterocycles. The van der Waals surface area contributed by atoms with Gasteiger partial charge in [0.1, 0.15) is 0 Å². The highest BCUT2D eigenvalue weighted by Crippen LogP contribution is 2.24. The first-order valence-corrected chi connectivity index (χ1v) is 7.75. The summed E-state index contributed by atoms with van der Waals surface area (Å²) in [5.41, 5.74) is 0.764. The van der Waals surface area contributed by atoms with Crippen LogP contribution in [-0.2, 0) is 19.6 Å². The maximum atomic E-state index is 12.5. The number of hydrogen-bond donors (Lipinski definition) is 0. The van der Waals surface area contributed by atoms with E-state index in [2.05, 4.69) is 4.74 Å². The highest BCUT2D eigenvalue weighted by atomic mass is 32.2. The monoisotopic (exact) mass is 299 g/mol. The largest absolute Gasteiger partial charge is 0.465 e. The lowest BCUT2D eigenvalue weighted by Crippen LogP contribution is -2.36. The Morgan fingerprint density at radius 1 is 1.35 bits per heavy atom. The van der Waals surface area contributed by atoms with Crippen LogP contribution in [0.5, 0.6) is 0 Å². The number of nitrogens with zero attached hydrogens (tertiary/aromatic N) is 1. The molecule has 0 spiro atoms. The van der Waals surface area contributed by atoms with Gasteiger partial charge in [-0.1, -0.05) is 10.5 Å². The van der Waals surface area contributed by atoms with E-state index in [4.69, 9.17) is 4.84 Å². The van der Waals surface area contributed by atoms with Gasteiger partial charge in [0.05, 0.1) is 24.2 Å². The third-order valence-electron chi connectivity index (χ3n) is 3.13. The molecule has 0 radical (unpaired) electrons. The van der Waals surface area contributed by atoms with Gasteiger partial charge in [-0.05, 0) is 37.5 Å². The van der Waals surface area contributed by atoms with E-state index < -0.39 is 16.0 Å². The maximum absolute atomic E-state index is 12.5. The molecule has 0 amide bonds. The third kappa shape index (κ3) is 2.84. The van der Waals surface area contributed by atoms with Crippen LogP contribution < -0.4 is 0 Å². The van der Waals surface area contributed by atoms with Gasteiger partial charge < -0.3 is 4.74 Å². The average molecular weight is 299 g/mol. The van der Waals surface area contributed by atoms with Crippen molar-refractivity contribution >= 4 is 16.0 Å². The van der Waals surface area contributed by atoms with E-state index in [1.54, 1.807) is 13.0 Å². The molecule has 2 rings (SSSR count). The van der Waals surface area contributed by atoms with Crippen molar-refractivity contribution in [2.75, 3.05) is 20.3 Å². The number of hydrogen-bond acceptors (Lipinski definition) is 5. The zero-order valence-electron chi connectivity index (χ0n) is 11.5. The molecule has 1 aromatic carbocycles. The Kier molecular flexibility index (Phi) is 4.42. The first kappa shape index (κ1) is 15.0. The Bertz CT molecular complexity index is 605. The SMILES string of the molecule is COC(=O)c1ccc(C)c(S(=O)(=O)N2CCCCO2)c1. The number of sulfonamides is 1. The summed E-state index contributed by atoms with van der Waals surface area (Å²) < 4.78 is 30.7. The zero-order chi connectivity index (χ0) is 14.8. The van der Waals surface area contributed by atoms with Gasteiger partial charge in [-0.2, -0.15) is 0 Å². The van der Waals surface area contributed by atoms with Crippen molar-refractivity contribution < 1.29 is 22.8 Å². The molecule has 0 aliphatic carbocycles. The quantitative estimate of drug-likeness (QED) is 0.791. The Hall–Kier alpha value is -1.44. The number of rotatable bonds is 3. The summed E-state index contributed by atoms with van der Waals surface area (Å²) in [5, 5.41) is 0. The predicted molar refractivity (Wildman–Crippen MR) is 71.6 cm³/mol. The first-order chi connectivity index (χ1) is 9.46. The molecule has 1 fully saturated rings. The lowest BCUT2D eigenvalue weighted by molar-refractivity contribution is -0.108. The minimum absolute atomic E-state index is 0.0716. The van der Waals surface area contributed by atoms with Crippen molar-refractivity contribution in [1.29, 1.82) is 0 Å². The van der Waals surface area contributed by atoms with Gasteiger partial charge >= 0.3 is 5.97 Å². The van der Waals surface area contributed by atoms with E-state index in [0.717, 1.165) is 17.3 Å². The molecular formula is C13H17NO5S. The van der Waals surface area contributed by atoms with E-state index in [0.29, 0.717) is 18.7 Å². The minimum atomic E-state index is -3.75. The molecule has 110 valence electrons. The fourth-order valence-electron chi connectivity index (χ4n) is 2.00. The van der Waals surface area contributed by atoms with Crippen LogP contribution in [0.3, 0.4) is 0 Å². The summed E-state index contributed by atoms with van der Waals surface area (Å²) >= 11 is 0. The first-order valence-electron chi connectivity index (χ1n) is 6.31. The molecule has 1 aliphatic heterocycles. The van der Waals surface area contributed by atoms with Crippen molar-refractivity contribution in [3.63, 3.8) is 0 Å². The van der Waals surface area contributed by atoms with Crippen LogP contribution >= 0.6 is 0 Å². The van der Waals surface area contributed by atoms with Crippen LogP contribution in [0.2, 0.25) is 0 Å². The minimum Gasteiger partial charge on any atom is -0.465 e. The molecular weight excluding hydrogens is 282 g/mol. The Morgan fingerprint density at radius 3 is 2.70 bits per heavy atom. The van der Waals surface area contributed by atoms with Crippen LogP contribution in [0, 0.1) is 6.92 Å². The lowest BCUT2D eigenvalue weighted by atomic mass is 10.1. The van der Waals surface area contributed by atoms with Crippen molar-refractivity contribution in [2.24, 2.45) is 0 Å². The standard InChI is InChI=1S/C13H17NO5S/c1-10-5-6-11(13(15)18-2)9-12(10)20(16,17)14-7-3-4-8-19-14/h5-6,9H,3-4,7-8H2,1-2H3. The fraction of sp³-hybridized carbons (Fsp3) is 0.462. The van der Waals surface area contributed by atoms with Crippen LogP contribution in [0.1, 0.15) is 28.8 Å². The number of aryl methyl sites for hydroxylation is 1. The van der Waals surface area contributed by atoms with Crippen molar-refractivity contribution in [3.05, 3.63) is 29.3 Å². The second-order valence-electron chi connectivity index (χ2n) is 4.54. The summed E-state index contributed by atoms with van der Waals surface area (Å²) in [6.45, 7) is 2.39. The highest BCUT2D eigenvalue weighted by molar-refractivity contribution is 7.89. The Labute approximate surface area is 118 Å². The highest BCUT2D eigenvalue weighted by Gasteiger charge is 2.29. The molecule has 1 heterocycles. The van der Waals surface area contributed by atoms with E-state index in [-0.39, 0.29) is 10.5 Å². The second-order valence-corrected chi connectivity index (χ2v) is 6.34. The van der Waals surface area contributed by atoms with E-state index >= 15 is 0 Å². The summed E-state index contributed by atoms with van der Waals surface area (Å²) in [4.78, 5) is 16.8. The normalized spacial score (nSPS) is 16.9. The molecule has 1 aromatic rings. The Balaban J connectivity index is 2.42. The number of hydroxylamine groups is 1. The molecule has 0 unspecified atom stereocenters. The summed E-state index contributed by atoms with van der Waals surface area (Å²) in [5.74, 6) is -0.569. The molecule has 1 aliphatic rings. The van der Waals surface area contributed by atoms with Crippen LogP contribution in [0.4, 0.5) is 0 Å². The van der Waals surface area contributed by atoms with E-state index in [1.165, 1.54) is 19.2 Å². The summed E-state index contributed by atoms with van der Waals surface area (Å²) in [7, 11) is -2.50. The van der Waals surface area contributed by atoms with Crippen LogP contribution in [0.25, 0.3) is 0 Å². The van der Waals surface area contributed by atoms with Crippen LogP contribution in [0.15, 0.2) is 23.1 Å². The molecule has 1 saturated heterocycles. The second kappa shape index (κ2) is 5.90. The Morgan fingerprint density at radius 2 is 2.10 bits per heavy atom.